The molecule has 1 aromatic heterocycles. The third-order valence-corrected chi connectivity index (χ3v) is 6.44. The van der Waals surface area contributed by atoms with Gasteiger partial charge in [-0.2, -0.15) is 11.3 Å². The Kier molecular flexibility index (Phi) is 7.75. The predicted molar refractivity (Wildman–Crippen MR) is 132 cm³/mol. The third kappa shape index (κ3) is 5.61. The van der Waals surface area contributed by atoms with Gasteiger partial charge in [0, 0.05) is 31.6 Å². The smallest absolute Gasteiger partial charge is 0.254 e. The Morgan fingerprint density at radius 3 is 2.55 bits per heavy atom. The van der Waals surface area contributed by atoms with Crippen molar-refractivity contribution < 1.29 is 14.3 Å². The van der Waals surface area contributed by atoms with Gasteiger partial charge in [-0.25, -0.2) is 0 Å². The van der Waals surface area contributed by atoms with Gasteiger partial charge in [-0.15, -0.1) is 0 Å². The SMILES string of the molecule is CCOc1ccccc1NC(=O)C(c1ccccc1)N1CCCN(C(=O)c2ccsc2)CC1. The first-order chi connectivity index (χ1) is 16.2. The summed E-state index contributed by atoms with van der Waals surface area (Å²) in [4.78, 5) is 30.5. The fourth-order valence-electron chi connectivity index (χ4n) is 4.18. The van der Waals surface area contributed by atoms with Crippen molar-refractivity contribution in [2.24, 2.45) is 0 Å². The molecule has 1 unspecified atom stereocenters. The molecule has 2 amide bonds. The minimum absolute atomic E-state index is 0.0597. The Labute approximate surface area is 198 Å². The quantitative estimate of drug-likeness (QED) is 0.553. The average molecular weight is 464 g/mol. The van der Waals surface area contributed by atoms with E-state index >= 15 is 0 Å². The molecule has 1 N–H and O–H groups in total. The van der Waals surface area contributed by atoms with Crippen molar-refractivity contribution in [1.29, 1.82) is 0 Å². The highest BCUT2D eigenvalue weighted by Gasteiger charge is 2.31. The van der Waals surface area contributed by atoms with Gasteiger partial charge in [0.05, 0.1) is 17.9 Å². The number of hydrogen-bond donors (Lipinski definition) is 1. The number of anilines is 1. The molecule has 3 aromatic rings. The van der Waals surface area contributed by atoms with Crippen molar-refractivity contribution >= 4 is 28.8 Å². The molecule has 4 rings (SSSR count). The topological polar surface area (TPSA) is 61.9 Å². The van der Waals surface area contributed by atoms with Crippen LogP contribution in [0.3, 0.4) is 0 Å². The molecule has 2 aromatic carbocycles. The summed E-state index contributed by atoms with van der Waals surface area (Å²) in [7, 11) is 0. The van der Waals surface area contributed by atoms with Crippen molar-refractivity contribution in [2.75, 3.05) is 38.1 Å². The van der Waals surface area contributed by atoms with Crippen LogP contribution in [0.1, 0.15) is 35.3 Å². The second-order valence-corrected chi connectivity index (χ2v) is 8.71. The molecule has 1 saturated heterocycles. The molecule has 1 atom stereocenters. The molecular formula is C26H29N3O3S. The van der Waals surface area contributed by atoms with Gasteiger partial charge in [0.25, 0.3) is 5.91 Å². The van der Waals surface area contributed by atoms with Gasteiger partial charge in [-0.3, -0.25) is 14.5 Å². The van der Waals surface area contributed by atoms with E-state index in [9.17, 15) is 9.59 Å². The number of ether oxygens (including phenoxy) is 1. The molecule has 0 spiro atoms. The summed E-state index contributed by atoms with van der Waals surface area (Å²) in [5.41, 5.74) is 2.33. The van der Waals surface area contributed by atoms with Crippen molar-refractivity contribution in [3.05, 3.63) is 82.6 Å². The van der Waals surface area contributed by atoms with E-state index in [1.54, 1.807) is 0 Å². The maximum Gasteiger partial charge on any atom is 0.254 e. The lowest BCUT2D eigenvalue weighted by atomic mass is 10.0. The van der Waals surface area contributed by atoms with Crippen LogP contribution in [0.15, 0.2) is 71.4 Å². The normalized spacial score (nSPS) is 15.5. The maximum atomic E-state index is 13.6. The second kappa shape index (κ2) is 11.1. The number of thiophene rings is 1. The number of hydrogen-bond acceptors (Lipinski definition) is 5. The van der Waals surface area contributed by atoms with Crippen LogP contribution >= 0.6 is 11.3 Å². The number of carbonyl (C=O) groups excluding carboxylic acids is 2. The van der Waals surface area contributed by atoms with E-state index in [1.165, 1.54) is 11.3 Å². The average Bonchev–Trinajstić information content (AvgIpc) is 3.27. The van der Waals surface area contributed by atoms with Crippen LogP contribution < -0.4 is 10.1 Å². The van der Waals surface area contributed by atoms with Gasteiger partial charge < -0.3 is 15.0 Å². The van der Waals surface area contributed by atoms with Crippen molar-refractivity contribution in [3.63, 3.8) is 0 Å². The van der Waals surface area contributed by atoms with Gasteiger partial charge in [0.2, 0.25) is 5.91 Å². The Hall–Kier alpha value is -3.16. The standard InChI is InChI=1S/C26H29N3O3S/c1-2-32-23-12-7-6-11-22(23)27-25(30)24(20-9-4-3-5-10-20)28-14-8-15-29(17-16-28)26(31)21-13-18-33-19-21/h3-7,9-13,18-19,24H,2,8,14-17H2,1H3,(H,27,30). The van der Waals surface area contributed by atoms with E-state index in [0.29, 0.717) is 37.7 Å². The highest BCUT2D eigenvalue weighted by molar-refractivity contribution is 7.08. The molecule has 172 valence electrons. The summed E-state index contributed by atoms with van der Waals surface area (Å²) in [6.45, 7) is 5.06. The summed E-state index contributed by atoms with van der Waals surface area (Å²) in [5.74, 6) is 0.610. The number of nitrogens with one attached hydrogen (secondary N) is 1. The molecular weight excluding hydrogens is 434 g/mol. The Morgan fingerprint density at radius 2 is 1.79 bits per heavy atom. The summed E-state index contributed by atoms with van der Waals surface area (Å²) in [6, 6.07) is 18.7. The first kappa shape index (κ1) is 23.0. The van der Waals surface area contributed by atoms with E-state index in [1.807, 2.05) is 83.2 Å². The lowest BCUT2D eigenvalue weighted by Crippen LogP contribution is -2.40. The zero-order chi connectivity index (χ0) is 23.0. The van der Waals surface area contributed by atoms with Crippen LogP contribution in [-0.2, 0) is 4.79 Å². The van der Waals surface area contributed by atoms with Crippen LogP contribution in [0.25, 0.3) is 0 Å². The first-order valence-corrected chi connectivity index (χ1v) is 12.2. The molecule has 2 heterocycles. The summed E-state index contributed by atoms with van der Waals surface area (Å²) < 4.78 is 5.69. The summed E-state index contributed by atoms with van der Waals surface area (Å²) in [5, 5.41) is 6.90. The van der Waals surface area contributed by atoms with Gasteiger partial charge in [-0.1, -0.05) is 42.5 Å². The molecule has 6 nitrogen and oxygen atoms in total. The zero-order valence-electron chi connectivity index (χ0n) is 18.8. The Balaban J connectivity index is 1.54. The van der Waals surface area contributed by atoms with Crippen molar-refractivity contribution in [3.8, 4) is 5.75 Å². The molecule has 0 radical (unpaired) electrons. The monoisotopic (exact) mass is 463 g/mol. The largest absolute Gasteiger partial charge is 0.492 e. The number of para-hydroxylation sites is 2. The minimum Gasteiger partial charge on any atom is -0.492 e. The van der Waals surface area contributed by atoms with Crippen molar-refractivity contribution in [1.82, 2.24) is 9.80 Å². The van der Waals surface area contributed by atoms with Gasteiger partial charge >= 0.3 is 0 Å². The highest BCUT2D eigenvalue weighted by Crippen LogP contribution is 2.28. The number of nitrogens with zero attached hydrogens (tertiary/aromatic N) is 2. The first-order valence-electron chi connectivity index (χ1n) is 11.3. The Morgan fingerprint density at radius 1 is 1.00 bits per heavy atom. The fraction of sp³-hybridized carbons (Fsp3) is 0.308. The molecule has 1 fully saturated rings. The molecule has 1 aliphatic heterocycles. The van der Waals surface area contributed by atoms with E-state index in [0.717, 1.165) is 24.1 Å². The third-order valence-electron chi connectivity index (χ3n) is 5.76. The van der Waals surface area contributed by atoms with Gasteiger partial charge in [-0.05, 0) is 42.5 Å². The maximum absolute atomic E-state index is 13.6. The van der Waals surface area contributed by atoms with Crippen LogP contribution in [0.4, 0.5) is 5.69 Å². The molecule has 1 aliphatic rings. The number of rotatable bonds is 7. The minimum atomic E-state index is -0.461. The molecule has 0 aliphatic carbocycles. The van der Waals surface area contributed by atoms with E-state index in [-0.39, 0.29) is 11.8 Å². The summed E-state index contributed by atoms with van der Waals surface area (Å²) in [6.07, 6.45) is 0.808. The van der Waals surface area contributed by atoms with Gasteiger partial charge in [0.1, 0.15) is 11.8 Å². The van der Waals surface area contributed by atoms with E-state index in [2.05, 4.69) is 10.2 Å². The lowest BCUT2D eigenvalue weighted by molar-refractivity contribution is -0.121. The Bertz CT molecular complexity index is 1060. The zero-order valence-corrected chi connectivity index (χ0v) is 19.6. The van der Waals surface area contributed by atoms with E-state index in [4.69, 9.17) is 4.74 Å². The molecule has 7 heteroatoms. The highest BCUT2D eigenvalue weighted by atomic mass is 32.1. The number of amides is 2. The summed E-state index contributed by atoms with van der Waals surface area (Å²) >= 11 is 1.53. The molecule has 0 saturated carbocycles. The fourth-order valence-corrected chi connectivity index (χ4v) is 4.81. The van der Waals surface area contributed by atoms with Crippen LogP contribution in [0, 0.1) is 0 Å². The number of benzene rings is 2. The molecule has 33 heavy (non-hydrogen) atoms. The van der Waals surface area contributed by atoms with E-state index < -0.39 is 6.04 Å². The second-order valence-electron chi connectivity index (χ2n) is 7.93. The predicted octanol–water partition coefficient (Wildman–Crippen LogP) is 4.67. The molecule has 0 bridgehead atoms. The number of carbonyl (C=O) groups is 2. The van der Waals surface area contributed by atoms with Crippen molar-refractivity contribution in [2.45, 2.75) is 19.4 Å². The lowest BCUT2D eigenvalue weighted by Gasteiger charge is -2.30. The van der Waals surface area contributed by atoms with Crippen LogP contribution in [0.2, 0.25) is 0 Å². The van der Waals surface area contributed by atoms with Crippen LogP contribution in [-0.4, -0.2) is 54.4 Å². The van der Waals surface area contributed by atoms with Crippen LogP contribution in [0.5, 0.6) is 5.75 Å². The van der Waals surface area contributed by atoms with Gasteiger partial charge in [0.15, 0.2) is 0 Å².